The summed E-state index contributed by atoms with van der Waals surface area (Å²) in [5.41, 5.74) is 0. The van der Waals surface area contributed by atoms with Crippen molar-refractivity contribution in [3.63, 3.8) is 0 Å². The Bertz CT molecular complexity index is 322. The third-order valence-corrected chi connectivity index (χ3v) is 3.40. The Morgan fingerprint density at radius 2 is 2.31 bits per heavy atom. The summed E-state index contributed by atoms with van der Waals surface area (Å²) < 4.78 is 2.03. The van der Waals surface area contributed by atoms with Crippen molar-refractivity contribution in [2.45, 2.75) is 52.1 Å². The molecular formula is C11H21N5. The van der Waals surface area contributed by atoms with Gasteiger partial charge < -0.3 is 5.32 Å². The van der Waals surface area contributed by atoms with Crippen LogP contribution >= 0.6 is 0 Å². The average Bonchev–Trinajstić information content (AvgIpc) is 2.87. The fraction of sp³-hybridized carbons (Fsp3) is 0.909. The van der Waals surface area contributed by atoms with Crippen molar-refractivity contribution in [2.75, 3.05) is 6.54 Å². The van der Waals surface area contributed by atoms with Gasteiger partial charge in [-0.1, -0.05) is 20.3 Å². The lowest BCUT2D eigenvalue weighted by atomic mass is 10.1. The van der Waals surface area contributed by atoms with Crippen LogP contribution in [0.5, 0.6) is 0 Å². The molecule has 0 saturated heterocycles. The lowest BCUT2D eigenvalue weighted by molar-refractivity contribution is 0.353. The molecule has 0 spiro atoms. The maximum atomic E-state index is 4.14. The highest BCUT2D eigenvalue weighted by molar-refractivity contribution is 4.88. The molecule has 0 aliphatic heterocycles. The topological polar surface area (TPSA) is 55.6 Å². The molecule has 0 radical (unpaired) electrons. The zero-order valence-electron chi connectivity index (χ0n) is 10.2. The van der Waals surface area contributed by atoms with Gasteiger partial charge in [0, 0.05) is 0 Å². The summed E-state index contributed by atoms with van der Waals surface area (Å²) in [5, 5.41) is 15.4. The van der Waals surface area contributed by atoms with Crippen LogP contribution in [0.4, 0.5) is 0 Å². The molecule has 0 bridgehead atoms. The van der Waals surface area contributed by atoms with Crippen LogP contribution in [0.3, 0.4) is 0 Å². The van der Waals surface area contributed by atoms with E-state index in [1.54, 1.807) is 0 Å². The first kappa shape index (κ1) is 11.5. The van der Waals surface area contributed by atoms with Crippen molar-refractivity contribution >= 4 is 0 Å². The monoisotopic (exact) mass is 223 g/mol. The average molecular weight is 223 g/mol. The van der Waals surface area contributed by atoms with E-state index in [1.807, 2.05) is 4.68 Å². The zero-order valence-corrected chi connectivity index (χ0v) is 10.2. The first-order valence-corrected chi connectivity index (χ1v) is 6.30. The molecule has 2 unspecified atom stereocenters. The molecule has 1 aliphatic rings. The molecule has 1 saturated carbocycles. The molecule has 1 heterocycles. The Kier molecular flexibility index (Phi) is 3.88. The molecule has 90 valence electrons. The van der Waals surface area contributed by atoms with Crippen molar-refractivity contribution < 1.29 is 0 Å². The number of nitrogens with one attached hydrogen (secondary N) is 1. The highest BCUT2D eigenvalue weighted by Crippen LogP contribution is 2.34. The van der Waals surface area contributed by atoms with E-state index in [9.17, 15) is 0 Å². The normalized spacial score (nSPS) is 25.1. The van der Waals surface area contributed by atoms with E-state index in [0.29, 0.717) is 12.0 Å². The minimum atomic E-state index is 0.508. The van der Waals surface area contributed by atoms with Crippen molar-refractivity contribution in [2.24, 2.45) is 5.92 Å². The van der Waals surface area contributed by atoms with Crippen molar-refractivity contribution in [1.82, 2.24) is 25.5 Å². The third-order valence-electron chi connectivity index (χ3n) is 3.40. The number of hydrogen-bond donors (Lipinski definition) is 1. The predicted octanol–water partition coefficient (Wildman–Crippen LogP) is 1.53. The fourth-order valence-electron chi connectivity index (χ4n) is 2.45. The highest BCUT2D eigenvalue weighted by atomic mass is 15.6. The second-order valence-electron chi connectivity index (χ2n) is 4.69. The number of aromatic nitrogens is 4. The van der Waals surface area contributed by atoms with Crippen LogP contribution in [0.2, 0.25) is 0 Å². The van der Waals surface area contributed by atoms with Gasteiger partial charge in [-0.3, -0.25) is 0 Å². The third kappa shape index (κ3) is 2.40. The van der Waals surface area contributed by atoms with Gasteiger partial charge in [0.1, 0.15) is 0 Å². The van der Waals surface area contributed by atoms with Crippen LogP contribution < -0.4 is 5.32 Å². The predicted molar refractivity (Wildman–Crippen MR) is 61.9 cm³/mol. The van der Waals surface area contributed by atoms with Crippen LogP contribution in [-0.4, -0.2) is 26.8 Å². The zero-order chi connectivity index (χ0) is 11.4. The van der Waals surface area contributed by atoms with E-state index in [1.165, 1.54) is 19.3 Å². The highest BCUT2D eigenvalue weighted by Gasteiger charge is 2.27. The van der Waals surface area contributed by atoms with Crippen LogP contribution in [0.15, 0.2) is 0 Å². The van der Waals surface area contributed by atoms with Gasteiger partial charge in [0.2, 0.25) is 0 Å². The number of nitrogens with zero attached hydrogens (tertiary/aromatic N) is 4. The van der Waals surface area contributed by atoms with Gasteiger partial charge >= 0.3 is 0 Å². The van der Waals surface area contributed by atoms with Crippen molar-refractivity contribution in [1.29, 1.82) is 0 Å². The Hall–Kier alpha value is -0.970. The number of tetrazole rings is 1. The molecule has 0 aromatic carbocycles. The molecule has 1 aromatic rings. The van der Waals surface area contributed by atoms with E-state index in [-0.39, 0.29) is 0 Å². The standard InChI is InChI=1S/C11H21N5/c1-3-7-12-8-11-13-14-15-16(11)10-6-4-5-9(10)2/h9-10,12H,3-8H2,1-2H3. The summed E-state index contributed by atoms with van der Waals surface area (Å²) in [5.74, 6) is 1.68. The Balaban J connectivity index is 2.00. The number of hydrogen-bond acceptors (Lipinski definition) is 4. The van der Waals surface area contributed by atoms with Crippen LogP contribution in [0.25, 0.3) is 0 Å². The summed E-state index contributed by atoms with van der Waals surface area (Å²) >= 11 is 0. The van der Waals surface area contributed by atoms with Crippen molar-refractivity contribution in [3.05, 3.63) is 5.82 Å². The van der Waals surface area contributed by atoms with Gasteiger partial charge in [0.05, 0.1) is 12.6 Å². The lowest BCUT2D eigenvalue weighted by Crippen LogP contribution is -2.22. The van der Waals surface area contributed by atoms with Crippen LogP contribution in [-0.2, 0) is 6.54 Å². The summed E-state index contributed by atoms with van der Waals surface area (Å²) in [7, 11) is 0. The first-order valence-electron chi connectivity index (χ1n) is 6.30. The van der Waals surface area contributed by atoms with Gasteiger partial charge in [-0.2, -0.15) is 0 Å². The fourth-order valence-corrected chi connectivity index (χ4v) is 2.45. The summed E-state index contributed by atoms with van der Waals surface area (Å²) in [6.07, 6.45) is 4.95. The molecule has 1 N–H and O–H groups in total. The Morgan fingerprint density at radius 3 is 3.00 bits per heavy atom. The van der Waals surface area contributed by atoms with Gasteiger partial charge in [0.25, 0.3) is 0 Å². The van der Waals surface area contributed by atoms with Gasteiger partial charge in [0.15, 0.2) is 5.82 Å². The Labute approximate surface area is 96.6 Å². The summed E-state index contributed by atoms with van der Waals surface area (Å²) in [6, 6.07) is 0.508. The van der Waals surface area contributed by atoms with E-state index >= 15 is 0 Å². The minimum absolute atomic E-state index is 0.508. The molecule has 1 aliphatic carbocycles. The second-order valence-corrected chi connectivity index (χ2v) is 4.69. The van der Waals surface area contributed by atoms with Crippen LogP contribution in [0.1, 0.15) is 51.4 Å². The molecule has 2 atom stereocenters. The molecule has 0 amide bonds. The SMILES string of the molecule is CCCNCc1nnnn1C1CCCC1C. The van der Waals surface area contributed by atoms with Crippen molar-refractivity contribution in [3.8, 4) is 0 Å². The van der Waals surface area contributed by atoms with Gasteiger partial charge in [-0.05, 0) is 42.2 Å². The molecular weight excluding hydrogens is 202 g/mol. The summed E-state index contributed by atoms with van der Waals surface area (Å²) in [4.78, 5) is 0. The molecule has 16 heavy (non-hydrogen) atoms. The minimum Gasteiger partial charge on any atom is -0.310 e. The first-order chi connectivity index (χ1) is 7.83. The maximum absolute atomic E-state index is 4.14. The molecule has 1 aromatic heterocycles. The number of rotatable bonds is 5. The molecule has 5 nitrogen and oxygen atoms in total. The maximum Gasteiger partial charge on any atom is 0.165 e. The van der Waals surface area contributed by atoms with E-state index < -0.39 is 0 Å². The van der Waals surface area contributed by atoms with E-state index in [0.717, 1.165) is 25.3 Å². The Morgan fingerprint density at radius 1 is 1.44 bits per heavy atom. The van der Waals surface area contributed by atoms with Gasteiger partial charge in [-0.25, -0.2) is 4.68 Å². The van der Waals surface area contributed by atoms with E-state index in [4.69, 9.17) is 0 Å². The largest absolute Gasteiger partial charge is 0.310 e. The lowest BCUT2D eigenvalue weighted by Gasteiger charge is -2.16. The van der Waals surface area contributed by atoms with Crippen LogP contribution in [0, 0.1) is 5.92 Å². The summed E-state index contributed by atoms with van der Waals surface area (Å²) in [6.45, 7) is 6.26. The smallest absolute Gasteiger partial charge is 0.165 e. The molecule has 1 fully saturated rings. The molecule has 2 rings (SSSR count). The second kappa shape index (κ2) is 5.39. The van der Waals surface area contributed by atoms with E-state index in [2.05, 4.69) is 34.7 Å². The molecule has 5 heteroatoms. The quantitative estimate of drug-likeness (QED) is 0.769. The van der Waals surface area contributed by atoms with Gasteiger partial charge in [-0.15, -0.1) is 5.10 Å².